The number of rotatable bonds is 12. The Morgan fingerprint density at radius 2 is 1.72 bits per heavy atom. The standard InChI is InChI=1S/C18H30O7/c1-12(9-16(21)22)8-13(2)10-18(3,25)7-5-4-6-15(20)14(11-19)17(23)24/h8-9,14-15,19-20,25H,4-7,10-11H2,1-3H3,(H,21,22)(H,23,24)/b12-9+,13-8+/t14-,15+,18+/m1/s1. The van der Waals surface area contributed by atoms with E-state index in [1.807, 2.05) is 6.92 Å². The molecule has 0 fully saturated rings. The highest BCUT2D eigenvalue weighted by atomic mass is 16.4. The first kappa shape index (κ1) is 23.3. The smallest absolute Gasteiger partial charge is 0.328 e. The monoisotopic (exact) mass is 358 g/mol. The molecule has 0 amide bonds. The first-order chi connectivity index (χ1) is 11.5. The van der Waals surface area contributed by atoms with Crippen molar-refractivity contribution in [2.45, 2.75) is 64.6 Å². The topological polar surface area (TPSA) is 135 Å². The fraction of sp³-hybridized carbons (Fsp3) is 0.667. The largest absolute Gasteiger partial charge is 0.481 e. The highest BCUT2D eigenvalue weighted by Crippen LogP contribution is 2.24. The molecule has 3 atom stereocenters. The van der Waals surface area contributed by atoms with Crippen molar-refractivity contribution in [1.29, 1.82) is 0 Å². The van der Waals surface area contributed by atoms with Crippen molar-refractivity contribution < 1.29 is 35.1 Å². The number of aliphatic carboxylic acids is 2. The molecule has 25 heavy (non-hydrogen) atoms. The molecule has 7 nitrogen and oxygen atoms in total. The summed E-state index contributed by atoms with van der Waals surface area (Å²) in [6.07, 6.45) is 3.91. The number of carboxylic acid groups (broad SMARTS) is 2. The van der Waals surface area contributed by atoms with E-state index in [9.17, 15) is 19.8 Å². The fourth-order valence-corrected chi connectivity index (χ4v) is 2.79. The molecule has 144 valence electrons. The SMILES string of the molecule is CC(=C\C(=O)O)/C=C(\C)C[C@@](C)(O)CCCC[C@H](O)[C@@H](CO)C(=O)O. The quantitative estimate of drug-likeness (QED) is 0.204. The van der Waals surface area contributed by atoms with Crippen LogP contribution in [-0.2, 0) is 9.59 Å². The molecule has 0 aliphatic rings. The first-order valence-electron chi connectivity index (χ1n) is 8.31. The molecule has 5 N–H and O–H groups in total. The van der Waals surface area contributed by atoms with Crippen molar-refractivity contribution >= 4 is 11.9 Å². The van der Waals surface area contributed by atoms with Crippen molar-refractivity contribution in [3.63, 3.8) is 0 Å². The molecule has 0 spiro atoms. The Hall–Kier alpha value is -1.70. The van der Waals surface area contributed by atoms with Crippen molar-refractivity contribution in [3.05, 3.63) is 23.3 Å². The van der Waals surface area contributed by atoms with Gasteiger partial charge in [0.2, 0.25) is 0 Å². The molecular formula is C18H30O7. The maximum Gasteiger partial charge on any atom is 0.328 e. The molecule has 0 aliphatic carbocycles. The molecule has 0 radical (unpaired) electrons. The van der Waals surface area contributed by atoms with Gasteiger partial charge in [-0.2, -0.15) is 0 Å². The Morgan fingerprint density at radius 3 is 2.20 bits per heavy atom. The van der Waals surface area contributed by atoms with Gasteiger partial charge in [-0.05, 0) is 45.6 Å². The second-order valence-corrected chi connectivity index (χ2v) is 6.83. The molecule has 0 aromatic rings. The Balaban J connectivity index is 4.39. The third-order valence-electron chi connectivity index (χ3n) is 3.93. The van der Waals surface area contributed by atoms with Crippen molar-refractivity contribution in [3.8, 4) is 0 Å². The molecule has 0 saturated carbocycles. The summed E-state index contributed by atoms with van der Waals surface area (Å²) in [6.45, 7) is 4.57. The van der Waals surface area contributed by atoms with E-state index in [4.69, 9.17) is 15.3 Å². The maximum absolute atomic E-state index is 10.8. The van der Waals surface area contributed by atoms with Crippen LogP contribution in [0, 0.1) is 5.92 Å². The molecule has 0 rings (SSSR count). The van der Waals surface area contributed by atoms with Crippen LogP contribution in [0.15, 0.2) is 23.3 Å². The van der Waals surface area contributed by atoms with Crippen molar-refractivity contribution in [2.24, 2.45) is 5.92 Å². The minimum Gasteiger partial charge on any atom is -0.481 e. The van der Waals surface area contributed by atoms with Gasteiger partial charge in [-0.15, -0.1) is 0 Å². The van der Waals surface area contributed by atoms with E-state index < -0.39 is 36.2 Å². The fourth-order valence-electron chi connectivity index (χ4n) is 2.79. The number of carboxylic acids is 2. The van der Waals surface area contributed by atoms with Crippen molar-refractivity contribution in [1.82, 2.24) is 0 Å². The Bertz CT molecular complexity index is 506. The first-order valence-corrected chi connectivity index (χ1v) is 8.31. The van der Waals surface area contributed by atoms with Gasteiger partial charge in [0, 0.05) is 6.08 Å². The number of hydrogen-bond donors (Lipinski definition) is 5. The summed E-state index contributed by atoms with van der Waals surface area (Å²) >= 11 is 0. The number of unbranched alkanes of at least 4 members (excludes halogenated alkanes) is 1. The van der Waals surface area contributed by atoms with E-state index in [-0.39, 0.29) is 6.42 Å². The van der Waals surface area contributed by atoms with Crippen LogP contribution in [-0.4, -0.2) is 55.8 Å². The van der Waals surface area contributed by atoms with Crippen molar-refractivity contribution in [2.75, 3.05) is 6.61 Å². The maximum atomic E-state index is 10.8. The molecule has 0 aromatic carbocycles. The Labute approximate surface area is 148 Å². The van der Waals surface area contributed by atoms with Gasteiger partial charge < -0.3 is 25.5 Å². The van der Waals surface area contributed by atoms with Crippen LogP contribution in [0.3, 0.4) is 0 Å². The number of aliphatic hydroxyl groups is 3. The lowest BCUT2D eigenvalue weighted by Crippen LogP contribution is -2.31. The van der Waals surface area contributed by atoms with Crippen LogP contribution in [0.1, 0.15) is 52.9 Å². The average molecular weight is 358 g/mol. The molecule has 0 aromatic heterocycles. The highest BCUT2D eigenvalue weighted by Gasteiger charge is 2.26. The lowest BCUT2D eigenvalue weighted by Gasteiger charge is -2.24. The molecule has 0 bridgehead atoms. The van der Waals surface area contributed by atoms with E-state index in [0.29, 0.717) is 31.3 Å². The van der Waals surface area contributed by atoms with Gasteiger partial charge in [0.15, 0.2) is 0 Å². The molecular weight excluding hydrogens is 328 g/mol. The third kappa shape index (κ3) is 10.7. The van der Waals surface area contributed by atoms with E-state index in [2.05, 4.69) is 0 Å². The summed E-state index contributed by atoms with van der Waals surface area (Å²) in [7, 11) is 0. The van der Waals surface area contributed by atoms with Crippen LogP contribution >= 0.6 is 0 Å². The second kappa shape index (κ2) is 11.0. The highest BCUT2D eigenvalue weighted by molar-refractivity contribution is 5.81. The molecule has 0 heterocycles. The molecule has 0 saturated heterocycles. The van der Waals surface area contributed by atoms with Crippen LogP contribution in [0.2, 0.25) is 0 Å². The van der Waals surface area contributed by atoms with Gasteiger partial charge in [0.25, 0.3) is 0 Å². The molecule has 0 unspecified atom stereocenters. The van der Waals surface area contributed by atoms with Gasteiger partial charge in [0.1, 0.15) is 5.92 Å². The van der Waals surface area contributed by atoms with Gasteiger partial charge in [0.05, 0.1) is 18.3 Å². The van der Waals surface area contributed by atoms with Crippen LogP contribution < -0.4 is 0 Å². The van der Waals surface area contributed by atoms with Crippen LogP contribution in [0.5, 0.6) is 0 Å². The number of aliphatic hydroxyl groups excluding tert-OH is 2. The van der Waals surface area contributed by atoms with E-state index in [1.54, 1.807) is 19.9 Å². The lowest BCUT2D eigenvalue weighted by molar-refractivity contribution is -0.147. The minimum absolute atomic E-state index is 0.239. The summed E-state index contributed by atoms with van der Waals surface area (Å²) in [5, 5.41) is 46.7. The van der Waals surface area contributed by atoms with Gasteiger partial charge in [-0.1, -0.05) is 24.5 Å². The van der Waals surface area contributed by atoms with Crippen LogP contribution in [0.4, 0.5) is 0 Å². The zero-order chi connectivity index (χ0) is 19.6. The lowest BCUT2D eigenvalue weighted by atomic mass is 9.89. The minimum atomic E-state index is -1.23. The molecule has 7 heteroatoms. The van der Waals surface area contributed by atoms with E-state index >= 15 is 0 Å². The second-order valence-electron chi connectivity index (χ2n) is 6.83. The number of allylic oxidation sites excluding steroid dienone is 2. The Kier molecular flexibility index (Phi) is 10.3. The normalized spacial score (nSPS) is 17.7. The average Bonchev–Trinajstić information content (AvgIpc) is 2.41. The molecule has 0 aliphatic heterocycles. The predicted molar refractivity (Wildman–Crippen MR) is 93.1 cm³/mol. The third-order valence-corrected chi connectivity index (χ3v) is 3.93. The van der Waals surface area contributed by atoms with E-state index in [1.165, 1.54) is 0 Å². The van der Waals surface area contributed by atoms with Gasteiger partial charge in [-0.3, -0.25) is 4.79 Å². The van der Waals surface area contributed by atoms with Gasteiger partial charge >= 0.3 is 11.9 Å². The summed E-state index contributed by atoms with van der Waals surface area (Å²) in [4.78, 5) is 21.4. The summed E-state index contributed by atoms with van der Waals surface area (Å²) in [5.41, 5.74) is 0.469. The zero-order valence-electron chi connectivity index (χ0n) is 15.1. The predicted octanol–water partition coefficient (Wildman–Crippen LogP) is 1.72. The Morgan fingerprint density at radius 1 is 1.12 bits per heavy atom. The van der Waals surface area contributed by atoms with Gasteiger partial charge in [-0.25, -0.2) is 4.79 Å². The summed E-state index contributed by atoms with van der Waals surface area (Å²) < 4.78 is 0. The summed E-state index contributed by atoms with van der Waals surface area (Å²) in [5.74, 6) is -3.43. The van der Waals surface area contributed by atoms with E-state index in [0.717, 1.165) is 11.6 Å². The number of hydrogen-bond acceptors (Lipinski definition) is 5. The zero-order valence-corrected chi connectivity index (χ0v) is 15.1. The number of carbonyl (C=O) groups is 2. The van der Waals surface area contributed by atoms with Crippen LogP contribution in [0.25, 0.3) is 0 Å². The summed E-state index contributed by atoms with van der Waals surface area (Å²) in [6, 6.07) is 0.